The Hall–Kier alpha value is -1.35. The average Bonchev–Trinajstić information content (AvgIpc) is 2.41. The predicted octanol–water partition coefficient (Wildman–Crippen LogP) is 3.43. The van der Waals surface area contributed by atoms with E-state index in [2.05, 4.69) is 17.4 Å². The van der Waals surface area contributed by atoms with Gasteiger partial charge in [-0.3, -0.25) is 0 Å². The number of aliphatic hydroxyl groups excluding tert-OH is 1. The normalized spacial score (nSPS) is 10.7. The molecule has 0 aromatic heterocycles. The van der Waals surface area contributed by atoms with Crippen LogP contribution in [0.5, 0.6) is 0 Å². The first-order valence-corrected chi connectivity index (χ1v) is 6.71. The van der Waals surface area contributed by atoms with E-state index in [9.17, 15) is 0 Å². The third-order valence-corrected chi connectivity index (χ3v) is 3.38. The van der Waals surface area contributed by atoms with E-state index in [-0.39, 0.29) is 6.61 Å². The van der Waals surface area contributed by atoms with E-state index in [1.807, 2.05) is 37.3 Å². The van der Waals surface area contributed by atoms with Gasteiger partial charge < -0.3 is 10.4 Å². The highest BCUT2D eigenvalue weighted by Gasteiger charge is 2.00. The number of hydrogen-bond donors (Lipinski definition) is 2. The van der Waals surface area contributed by atoms with Crippen LogP contribution < -0.4 is 5.32 Å². The Morgan fingerprint density at radius 2 is 1.84 bits per heavy atom. The fourth-order valence-electron chi connectivity index (χ4n) is 1.98. The summed E-state index contributed by atoms with van der Waals surface area (Å²) in [6, 6.07) is 14.0. The molecule has 0 atom stereocenters. The Morgan fingerprint density at radius 1 is 1.05 bits per heavy atom. The Balaban J connectivity index is 1.92. The van der Waals surface area contributed by atoms with Crippen molar-refractivity contribution in [1.29, 1.82) is 0 Å². The fourth-order valence-corrected chi connectivity index (χ4v) is 2.28. The van der Waals surface area contributed by atoms with E-state index in [1.54, 1.807) is 0 Å². The van der Waals surface area contributed by atoms with E-state index in [4.69, 9.17) is 16.7 Å². The maximum absolute atomic E-state index is 9.09. The summed E-state index contributed by atoms with van der Waals surface area (Å²) in [5.74, 6) is 0. The molecule has 2 nitrogen and oxygen atoms in total. The Kier molecular flexibility index (Phi) is 4.97. The molecule has 3 heteroatoms. The van der Waals surface area contributed by atoms with E-state index in [1.165, 1.54) is 5.56 Å². The molecule has 2 aromatic rings. The summed E-state index contributed by atoms with van der Waals surface area (Å²) in [4.78, 5) is 0. The SMILES string of the molecule is Cc1ccc(CNCc2cccc(CO)c2)c(Cl)c1. The zero-order valence-electron chi connectivity index (χ0n) is 11.0. The molecule has 2 aromatic carbocycles. The molecule has 19 heavy (non-hydrogen) atoms. The maximum Gasteiger partial charge on any atom is 0.0681 e. The monoisotopic (exact) mass is 275 g/mol. The molecule has 0 aliphatic heterocycles. The number of benzene rings is 2. The second-order valence-corrected chi connectivity index (χ2v) is 5.08. The minimum absolute atomic E-state index is 0.0810. The zero-order chi connectivity index (χ0) is 13.7. The van der Waals surface area contributed by atoms with Crippen molar-refractivity contribution in [3.05, 3.63) is 69.7 Å². The Labute approximate surface area is 119 Å². The van der Waals surface area contributed by atoms with Gasteiger partial charge in [-0.05, 0) is 35.2 Å². The summed E-state index contributed by atoms with van der Waals surface area (Å²) in [5.41, 5.74) is 4.37. The minimum Gasteiger partial charge on any atom is -0.392 e. The van der Waals surface area contributed by atoms with Crippen molar-refractivity contribution in [1.82, 2.24) is 5.32 Å². The molecular formula is C16H18ClNO. The molecule has 0 unspecified atom stereocenters. The molecule has 2 rings (SSSR count). The third kappa shape index (κ3) is 4.06. The van der Waals surface area contributed by atoms with Crippen LogP contribution in [-0.4, -0.2) is 5.11 Å². The molecule has 0 fully saturated rings. The van der Waals surface area contributed by atoms with Gasteiger partial charge in [0.15, 0.2) is 0 Å². The molecule has 100 valence electrons. The molecular weight excluding hydrogens is 258 g/mol. The van der Waals surface area contributed by atoms with Gasteiger partial charge >= 0.3 is 0 Å². The van der Waals surface area contributed by atoms with Gasteiger partial charge in [0.1, 0.15) is 0 Å². The fraction of sp³-hybridized carbons (Fsp3) is 0.250. The standard InChI is InChI=1S/C16H18ClNO/c1-12-5-6-15(16(17)7-12)10-18-9-13-3-2-4-14(8-13)11-19/h2-8,18-19H,9-11H2,1H3. The van der Waals surface area contributed by atoms with Crippen molar-refractivity contribution in [3.8, 4) is 0 Å². The lowest BCUT2D eigenvalue weighted by Crippen LogP contribution is -2.13. The summed E-state index contributed by atoms with van der Waals surface area (Å²) < 4.78 is 0. The number of hydrogen-bond acceptors (Lipinski definition) is 2. The first-order chi connectivity index (χ1) is 9.19. The van der Waals surface area contributed by atoms with Crippen molar-refractivity contribution in [3.63, 3.8) is 0 Å². The maximum atomic E-state index is 9.09. The molecule has 0 aliphatic carbocycles. The molecule has 0 amide bonds. The summed E-state index contributed by atoms with van der Waals surface area (Å²) in [6.45, 7) is 3.61. The highest BCUT2D eigenvalue weighted by molar-refractivity contribution is 6.31. The lowest BCUT2D eigenvalue weighted by Gasteiger charge is -2.08. The van der Waals surface area contributed by atoms with Crippen LogP contribution in [0.4, 0.5) is 0 Å². The lowest BCUT2D eigenvalue weighted by atomic mass is 10.1. The number of aryl methyl sites for hydroxylation is 1. The highest BCUT2D eigenvalue weighted by Crippen LogP contribution is 2.17. The van der Waals surface area contributed by atoms with Crippen LogP contribution in [-0.2, 0) is 19.7 Å². The minimum atomic E-state index is 0.0810. The summed E-state index contributed by atoms with van der Waals surface area (Å²) in [7, 11) is 0. The average molecular weight is 276 g/mol. The molecule has 0 heterocycles. The van der Waals surface area contributed by atoms with Crippen molar-refractivity contribution in [2.24, 2.45) is 0 Å². The number of nitrogens with one attached hydrogen (secondary N) is 1. The third-order valence-electron chi connectivity index (χ3n) is 3.03. The van der Waals surface area contributed by atoms with Gasteiger partial charge in [-0.15, -0.1) is 0 Å². The summed E-state index contributed by atoms with van der Waals surface area (Å²) in [6.07, 6.45) is 0. The molecule has 2 N–H and O–H groups in total. The lowest BCUT2D eigenvalue weighted by molar-refractivity contribution is 0.281. The van der Waals surface area contributed by atoms with Crippen LogP contribution in [0, 0.1) is 6.92 Å². The van der Waals surface area contributed by atoms with Crippen LogP contribution in [0.2, 0.25) is 5.02 Å². The number of halogens is 1. The van der Waals surface area contributed by atoms with Gasteiger partial charge in [0, 0.05) is 18.1 Å². The zero-order valence-corrected chi connectivity index (χ0v) is 11.7. The van der Waals surface area contributed by atoms with Gasteiger partial charge in [-0.1, -0.05) is 48.0 Å². The van der Waals surface area contributed by atoms with E-state index < -0.39 is 0 Å². The molecule has 0 aliphatic rings. The topological polar surface area (TPSA) is 32.3 Å². The van der Waals surface area contributed by atoms with Gasteiger partial charge in [0.05, 0.1) is 6.61 Å². The second kappa shape index (κ2) is 6.71. The van der Waals surface area contributed by atoms with E-state index in [0.717, 1.165) is 34.8 Å². The number of aliphatic hydroxyl groups is 1. The predicted molar refractivity (Wildman–Crippen MR) is 79.1 cm³/mol. The number of rotatable bonds is 5. The first-order valence-electron chi connectivity index (χ1n) is 6.33. The van der Waals surface area contributed by atoms with Gasteiger partial charge in [-0.25, -0.2) is 0 Å². The van der Waals surface area contributed by atoms with E-state index in [0.29, 0.717) is 0 Å². The first kappa shape index (κ1) is 14.1. The summed E-state index contributed by atoms with van der Waals surface area (Å²) in [5, 5.41) is 13.3. The van der Waals surface area contributed by atoms with Crippen LogP contribution in [0.1, 0.15) is 22.3 Å². The largest absolute Gasteiger partial charge is 0.392 e. The molecule has 0 spiro atoms. The van der Waals surface area contributed by atoms with Crippen molar-refractivity contribution < 1.29 is 5.11 Å². The molecule has 0 saturated heterocycles. The van der Waals surface area contributed by atoms with Crippen LogP contribution in [0.25, 0.3) is 0 Å². The quantitative estimate of drug-likeness (QED) is 0.876. The Bertz CT molecular complexity index is 554. The van der Waals surface area contributed by atoms with Gasteiger partial charge in [-0.2, -0.15) is 0 Å². The van der Waals surface area contributed by atoms with Crippen LogP contribution in [0.3, 0.4) is 0 Å². The van der Waals surface area contributed by atoms with Crippen LogP contribution in [0.15, 0.2) is 42.5 Å². The smallest absolute Gasteiger partial charge is 0.0681 e. The van der Waals surface area contributed by atoms with Crippen molar-refractivity contribution in [2.45, 2.75) is 26.6 Å². The Morgan fingerprint density at radius 3 is 2.58 bits per heavy atom. The van der Waals surface area contributed by atoms with Gasteiger partial charge in [0.2, 0.25) is 0 Å². The highest BCUT2D eigenvalue weighted by atomic mass is 35.5. The molecule has 0 bridgehead atoms. The molecule has 0 saturated carbocycles. The van der Waals surface area contributed by atoms with Crippen LogP contribution >= 0.6 is 11.6 Å². The van der Waals surface area contributed by atoms with E-state index >= 15 is 0 Å². The van der Waals surface area contributed by atoms with Crippen molar-refractivity contribution in [2.75, 3.05) is 0 Å². The molecule has 0 radical (unpaired) electrons. The second-order valence-electron chi connectivity index (χ2n) is 4.68. The van der Waals surface area contributed by atoms with Gasteiger partial charge in [0.25, 0.3) is 0 Å². The summed E-state index contributed by atoms with van der Waals surface area (Å²) >= 11 is 6.19. The van der Waals surface area contributed by atoms with Crippen molar-refractivity contribution >= 4 is 11.6 Å².